The number of hydrogen-bond acceptors (Lipinski definition) is 2. The van der Waals surface area contributed by atoms with Crippen molar-refractivity contribution >= 4 is 11.6 Å². The van der Waals surface area contributed by atoms with Gasteiger partial charge in [-0.25, -0.2) is 0 Å². The molecule has 0 heterocycles. The number of hydrogen-bond donors (Lipinski definition) is 0. The minimum atomic E-state index is -0.121. The Morgan fingerprint density at radius 1 is 0.778 bits per heavy atom. The Kier molecular flexibility index (Phi) is 3.25. The van der Waals surface area contributed by atoms with Crippen molar-refractivity contribution in [3.05, 3.63) is 24.3 Å². The SMILES string of the molecule is O=C1C=CC(=O)C=C1.[Zn]. The van der Waals surface area contributed by atoms with Crippen LogP contribution in [0.15, 0.2) is 24.3 Å². The van der Waals surface area contributed by atoms with Crippen LogP contribution in [0.25, 0.3) is 0 Å². The molecule has 0 aromatic carbocycles. The first kappa shape index (κ1) is 8.44. The molecule has 3 heteroatoms. The third-order valence-electron chi connectivity index (χ3n) is 0.824. The average molecular weight is 173 g/mol. The monoisotopic (exact) mass is 172 g/mol. The molecule has 0 amide bonds. The first-order chi connectivity index (χ1) is 3.79. The summed E-state index contributed by atoms with van der Waals surface area (Å²) in [7, 11) is 0. The minimum Gasteiger partial charge on any atom is -0.290 e. The van der Waals surface area contributed by atoms with Gasteiger partial charge in [0.05, 0.1) is 0 Å². The summed E-state index contributed by atoms with van der Waals surface area (Å²) in [5.41, 5.74) is 0. The number of rotatable bonds is 0. The molecule has 0 saturated heterocycles. The fourth-order valence-electron chi connectivity index (χ4n) is 0.440. The molecule has 0 radical (unpaired) electrons. The second-order valence-electron chi connectivity index (χ2n) is 1.47. The molecular weight excluding hydrogens is 169 g/mol. The Morgan fingerprint density at radius 3 is 1.22 bits per heavy atom. The maximum absolute atomic E-state index is 10.3. The molecule has 0 aliphatic heterocycles. The van der Waals surface area contributed by atoms with Gasteiger partial charge in [0.15, 0.2) is 11.6 Å². The molecule has 0 N–H and O–H groups in total. The topological polar surface area (TPSA) is 34.1 Å². The predicted octanol–water partition coefficient (Wildman–Crippen LogP) is 0.248. The molecule has 2 nitrogen and oxygen atoms in total. The molecule has 0 unspecified atom stereocenters. The van der Waals surface area contributed by atoms with Gasteiger partial charge in [-0.05, 0) is 24.3 Å². The third kappa shape index (κ3) is 2.47. The summed E-state index contributed by atoms with van der Waals surface area (Å²) in [6, 6.07) is 0. The second-order valence-corrected chi connectivity index (χ2v) is 1.47. The zero-order valence-electron chi connectivity index (χ0n) is 4.83. The van der Waals surface area contributed by atoms with Crippen molar-refractivity contribution in [3.63, 3.8) is 0 Å². The summed E-state index contributed by atoms with van der Waals surface area (Å²) in [5.74, 6) is -0.241. The van der Waals surface area contributed by atoms with Crippen LogP contribution in [0, 0.1) is 0 Å². The molecule has 0 aromatic rings. The van der Waals surface area contributed by atoms with E-state index in [0.29, 0.717) is 0 Å². The van der Waals surface area contributed by atoms with E-state index in [4.69, 9.17) is 0 Å². The van der Waals surface area contributed by atoms with E-state index in [-0.39, 0.29) is 31.0 Å². The predicted molar refractivity (Wildman–Crippen MR) is 28.3 cm³/mol. The van der Waals surface area contributed by atoms with Crippen molar-refractivity contribution in [2.24, 2.45) is 0 Å². The van der Waals surface area contributed by atoms with Crippen LogP contribution < -0.4 is 0 Å². The normalized spacial score (nSPS) is 15.6. The maximum Gasteiger partial charge on any atom is 0.178 e. The van der Waals surface area contributed by atoms with E-state index >= 15 is 0 Å². The van der Waals surface area contributed by atoms with Crippen molar-refractivity contribution in [2.75, 3.05) is 0 Å². The molecule has 0 aromatic heterocycles. The molecule has 1 rings (SSSR count). The summed E-state index contributed by atoms with van der Waals surface area (Å²) in [5, 5.41) is 0. The van der Waals surface area contributed by atoms with Crippen molar-refractivity contribution < 1.29 is 29.1 Å². The van der Waals surface area contributed by atoms with E-state index in [2.05, 4.69) is 0 Å². The zero-order chi connectivity index (χ0) is 5.98. The van der Waals surface area contributed by atoms with Gasteiger partial charge >= 0.3 is 0 Å². The molecule has 0 atom stereocenters. The van der Waals surface area contributed by atoms with E-state index in [1.54, 1.807) is 0 Å². The second kappa shape index (κ2) is 3.47. The fourth-order valence-corrected chi connectivity index (χ4v) is 0.440. The van der Waals surface area contributed by atoms with Gasteiger partial charge in [0.1, 0.15) is 0 Å². The minimum absolute atomic E-state index is 0. The van der Waals surface area contributed by atoms with Gasteiger partial charge in [-0.15, -0.1) is 0 Å². The largest absolute Gasteiger partial charge is 0.290 e. The molecular formula is C6H4O2Zn. The van der Waals surface area contributed by atoms with Gasteiger partial charge in [0, 0.05) is 19.5 Å². The molecule has 42 valence electrons. The maximum atomic E-state index is 10.3. The summed E-state index contributed by atoms with van der Waals surface area (Å²) < 4.78 is 0. The van der Waals surface area contributed by atoms with Crippen LogP contribution in [0.2, 0.25) is 0 Å². The number of ketones is 2. The van der Waals surface area contributed by atoms with Crippen LogP contribution in [0.4, 0.5) is 0 Å². The Balaban J connectivity index is 0.000000640. The number of carbonyl (C=O) groups excluding carboxylic acids is 2. The molecule has 1 aliphatic rings. The molecule has 0 saturated carbocycles. The number of allylic oxidation sites excluding steroid dienone is 4. The van der Waals surface area contributed by atoms with Gasteiger partial charge in [-0.1, -0.05) is 0 Å². The molecule has 0 spiro atoms. The summed E-state index contributed by atoms with van der Waals surface area (Å²) in [6.45, 7) is 0. The Labute approximate surface area is 65.4 Å². The van der Waals surface area contributed by atoms with E-state index in [1.807, 2.05) is 0 Å². The summed E-state index contributed by atoms with van der Waals surface area (Å²) in [6.07, 6.45) is 5.01. The van der Waals surface area contributed by atoms with Crippen LogP contribution >= 0.6 is 0 Å². The molecule has 0 bridgehead atoms. The smallest absolute Gasteiger partial charge is 0.178 e. The van der Waals surface area contributed by atoms with Crippen LogP contribution in [0.1, 0.15) is 0 Å². The van der Waals surface area contributed by atoms with Crippen molar-refractivity contribution in [3.8, 4) is 0 Å². The van der Waals surface area contributed by atoms with Gasteiger partial charge in [-0.2, -0.15) is 0 Å². The van der Waals surface area contributed by atoms with E-state index in [1.165, 1.54) is 24.3 Å². The molecule has 0 fully saturated rings. The van der Waals surface area contributed by atoms with Crippen LogP contribution in [-0.2, 0) is 29.1 Å². The van der Waals surface area contributed by atoms with Crippen molar-refractivity contribution in [1.82, 2.24) is 0 Å². The standard InChI is InChI=1S/C6H4O2.Zn/c7-5-1-2-6(8)4-3-5;/h1-4H;. The number of carbonyl (C=O) groups is 2. The third-order valence-corrected chi connectivity index (χ3v) is 0.824. The van der Waals surface area contributed by atoms with Gasteiger partial charge in [-0.3, -0.25) is 9.59 Å². The van der Waals surface area contributed by atoms with Gasteiger partial charge in [0.2, 0.25) is 0 Å². The molecule has 9 heavy (non-hydrogen) atoms. The molecule has 1 aliphatic carbocycles. The van der Waals surface area contributed by atoms with E-state index in [0.717, 1.165) is 0 Å². The van der Waals surface area contributed by atoms with Crippen molar-refractivity contribution in [1.29, 1.82) is 0 Å². The van der Waals surface area contributed by atoms with Crippen LogP contribution in [0.5, 0.6) is 0 Å². The quantitative estimate of drug-likeness (QED) is 0.389. The van der Waals surface area contributed by atoms with Crippen LogP contribution in [0.3, 0.4) is 0 Å². The van der Waals surface area contributed by atoms with E-state index < -0.39 is 0 Å². The summed E-state index contributed by atoms with van der Waals surface area (Å²) >= 11 is 0. The average Bonchev–Trinajstić information content (AvgIpc) is 1.77. The Bertz CT molecular complexity index is 153. The van der Waals surface area contributed by atoms with Gasteiger partial charge in [0.25, 0.3) is 0 Å². The zero-order valence-corrected chi connectivity index (χ0v) is 7.80. The van der Waals surface area contributed by atoms with Gasteiger partial charge < -0.3 is 0 Å². The van der Waals surface area contributed by atoms with E-state index in [9.17, 15) is 9.59 Å². The van der Waals surface area contributed by atoms with Crippen molar-refractivity contribution in [2.45, 2.75) is 0 Å². The first-order valence-corrected chi connectivity index (χ1v) is 2.23. The Morgan fingerprint density at radius 2 is 1.00 bits per heavy atom. The first-order valence-electron chi connectivity index (χ1n) is 2.23. The Hall–Kier alpha value is -0.557. The summed E-state index contributed by atoms with van der Waals surface area (Å²) in [4.78, 5) is 20.6. The fraction of sp³-hybridized carbons (Fsp3) is 0. The van der Waals surface area contributed by atoms with Crippen LogP contribution in [-0.4, -0.2) is 11.6 Å².